The van der Waals surface area contributed by atoms with Crippen molar-refractivity contribution >= 4 is 5.95 Å². The number of anilines is 1. The molecule has 1 fully saturated rings. The van der Waals surface area contributed by atoms with Crippen LogP contribution in [0.25, 0.3) is 5.69 Å². The lowest BCUT2D eigenvalue weighted by Crippen LogP contribution is -2.44. The molecule has 19 heavy (non-hydrogen) atoms. The van der Waals surface area contributed by atoms with E-state index in [2.05, 4.69) is 19.8 Å². The van der Waals surface area contributed by atoms with Crippen molar-refractivity contribution in [1.29, 1.82) is 0 Å². The highest BCUT2D eigenvalue weighted by atomic mass is 16.5. The molecule has 5 heteroatoms. The van der Waals surface area contributed by atoms with Gasteiger partial charge in [0.2, 0.25) is 5.95 Å². The minimum Gasteiger partial charge on any atom is -0.497 e. The quantitative estimate of drug-likeness (QED) is 0.901. The second-order valence-electron chi connectivity index (χ2n) is 4.53. The van der Waals surface area contributed by atoms with E-state index in [1.54, 1.807) is 7.11 Å². The molecule has 0 atom stereocenters. The maximum atomic E-state index is 5.19. The molecule has 2 heterocycles. The summed E-state index contributed by atoms with van der Waals surface area (Å²) in [5.74, 6) is 1.87. The van der Waals surface area contributed by atoms with Crippen molar-refractivity contribution in [3.8, 4) is 11.4 Å². The van der Waals surface area contributed by atoms with Crippen molar-refractivity contribution in [3.05, 3.63) is 36.7 Å². The first-order chi connectivity index (χ1) is 9.38. The Balaban J connectivity index is 1.89. The summed E-state index contributed by atoms with van der Waals surface area (Å²) in [5.41, 5.74) is 1.10. The zero-order valence-corrected chi connectivity index (χ0v) is 11.0. The van der Waals surface area contributed by atoms with E-state index in [1.165, 1.54) is 0 Å². The summed E-state index contributed by atoms with van der Waals surface area (Å²) in [5, 5.41) is 3.36. The van der Waals surface area contributed by atoms with Crippen LogP contribution in [0, 0.1) is 0 Å². The van der Waals surface area contributed by atoms with Gasteiger partial charge < -0.3 is 15.0 Å². The van der Waals surface area contributed by atoms with Crippen LogP contribution in [0.2, 0.25) is 0 Å². The molecule has 2 aromatic rings. The summed E-state index contributed by atoms with van der Waals surface area (Å²) >= 11 is 0. The zero-order chi connectivity index (χ0) is 13.1. The van der Waals surface area contributed by atoms with Crippen molar-refractivity contribution in [2.75, 3.05) is 38.2 Å². The van der Waals surface area contributed by atoms with E-state index in [9.17, 15) is 0 Å². The van der Waals surface area contributed by atoms with Crippen molar-refractivity contribution in [2.24, 2.45) is 0 Å². The Kier molecular flexibility index (Phi) is 3.37. The molecule has 0 aliphatic carbocycles. The first-order valence-electron chi connectivity index (χ1n) is 6.52. The van der Waals surface area contributed by atoms with Gasteiger partial charge in [0, 0.05) is 44.3 Å². The van der Waals surface area contributed by atoms with Crippen LogP contribution in [0.15, 0.2) is 36.7 Å². The number of imidazole rings is 1. The minimum atomic E-state index is 0.868. The summed E-state index contributed by atoms with van der Waals surface area (Å²) in [6.07, 6.45) is 3.85. The zero-order valence-electron chi connectivity index (χ0n) is 11.0. The maximum absolute atomic E-state index is 5.19. The Hall–Kier alpha value is -2.01. The molecule has 3 rings (SSSR count). The van der Waals surface area contributed by atoms with Crippen LogP contribution in [0.4, 0.5) is 5.95 Å². The van der Waals surface area contributed by atoms with Crippen molar-refractivity contribution in [2.45, 2.75) is 0 Å². The van der Waals surface area contributed by atoms with Gasteiger partial charge in [-0.25, -0.2) is 4.98 Å². The lowest BCUT2D eigenvalue weighted by Gasteiger charge is -2.28. The molecule has 1 aromatic carbocycles. The number of ether oxygens (including phenoxy) is 1. The summed E-state index contributed by atoms with van der Waals surface area (Å²) in [6.45, 7) is 4.01. The van der Waals surface area contributed by atoms with Crippen LogP contribution in [-0.2, 0) is 0 Å². The first-order valence-corrected chi connectivity index (χ1v) is 6.52. The van der Waals surface area contributed by atoms with Crippen molar-refractivity contribution < 1.29 is 4.74 Å². The number of nitrogens with one attached hydrogen (secondary N) is 1. The molecule has 1 saturated heterocycles. The highest BCUT2D eigenvalue weighted by molar-refractivity contribution is 5.45. The molecular formula is C14H18N4O. The van der Waals surface area contributed by atoms with Gasteiger partial charge in [-0.05, 0) is 24.3 Å². The fourth-order valence-corrected chi connectivity index (χ4v) is 2.34. The topological polar surface area (TPSA) is 42.3 Å². The lowest BCUT2D eigenvalue weighted by atomic mass is 10.3. The Morgan fingerprint density at radius 1 is 1.16 bits per heavy atom. The molecule has 0 saturated carbocycles. The molecular weight excluding hydrogens is 240 g/mol. The van der Waals surface area contributed by atoms with Gasteiger partial charge in [-0.3, -0.25) is 4.57 Å². The standard InChI is InChI=1S/C14H18N4O/c1-19-13-4-2-12(3-5-13)18-11-8-16-14(18)17-9-6-15-7-10-17/h2-5,8,11,15H,6-7,9-10H2,1H3. The minimum absolute atomic E-state index is 0.868. The van der Waals surface area contributed by atoms with Gasteiger partial charge in [-0.2, -0.15) is 0 Å². The fraction of sp³-hybridized carbons (Fsp3) is 0.357. The third-order valence-electron chi connectivity index (χ3n) is 3.37. The SMILES string of the molecule is COc1ccc(-n2ccnc2N2CCNCC2)cc1. The van der Waals surface area contributed by atoms with Crippen LogP contribution in [0.5, 0.6) is 5.75 Å². The predicted octanol–water partition coefficient (Wildman–Crippen LogP) is 1.29. The maximum Gasteiger partial charge on any atom is 0.210 e. The molecule has 100 valence electrons. The van der Waals surface area contributed by atoms with E-state index in [0.29, 0.717) is 0 Å². The number of aromatic nitrogens is 2. The molecule has 0 unspecified atom stereocenters. The Labute approximate surface area is 112 Å². The van der Waals surface area contributed by atoms with Gasteiger partial charge in [-0.1, -0.05) is 0 Å². The highest BCUT2D eigenvalue weighted by Crippen LogP contribution is 2.20. The van der Waals surface area contributed by atoms with Gasteiger partial charge >= 0.3 is 0 Å². The smallest absolute Gasteiger partial charge is 0.210 e. The number of nitrogens with zero attached hydrogens (tertiary/aromatic N) is 3. The molecule has 0 bridgehead atoms. The average Bonchev–Trinajstić information content (AvgIpc) is 2.98. The van der Waals surface area contributed by atoms with E-state index < -0.39 is 0 Å². The third-order valence-corrected chi connectivity index (χ3v) is 3.37. The van der Waals surface area contributed by atoms with Crippen LogP contribution in [-0.4, -0.2) is 42.8 Å². The number of hydrogen-bond donors (Lipinski definition) is 1. The monoisotopic (exact) mass is 258 g/mol. The number of rotatable bonds is 3. The fourth-order valence-electron chi connectivity index (χ4n) is 2.34. The molecule has 0 spiro atoms. The first kappa shape index (κ1) is 12.0. The molecule has 1 aliphatic rings. The second kappa shape index (κ2) is 5.32. The molecule has 1 aliphatic heterocycles. The van der Waals surface area contributed by atoms with Gasteiger partial charge in [0.1, 0.15) is 5.75 Å². The van der Waals surface area contributed by atoms with Gasteiger partial charge in [0.25, 0.3) is 0 Å². The largest absolute Gasteiger partial charge is 0.497 e. The van der Waals surface area contributed by atoms with Gasteiger partial charge in [-0.15, -0.1) is 0 Å². The molecule has 5 nitrogen and oxygen atoms in total. The van der Waals surface area contributed by atoms with Crippen LogP contribution < -0.4 is 15.0 Å². The normalized spacial score (nSPS) is 15.5. The number of methoxy groups -OCH3 is 1. The van der Waals surface area contributed by atoms with E-state index in [1.807, 2.05) is 36.7 Å². The van der Waals surface area contributed by atoms with Gasteiger partial charge in [0.15, 0.2) is 0 Å². The Morgan fingerprint density at radius 2 is 1.89 bits per heavy atom. The van der Waals surface area contributed by atoms with Crippen LogP contribution in [0.1, 0.15) is 0 Å². The van der Waals surface area contributed by atoms with Crippen molar-refractivity contribution in [3.63, 3.8) is 0 Å². The van der Waals surface area contributed by atoms with E-state index >= 15 is 0 Å². The Bertz CT molecular complexity index is 529. The summed E-state index contributed by atoms with van der Waals surface area (Å²) in [6, 6.07) is 8.03. The van der Waals surface area contributed by atoms with Crippen molar-refractivity contribution in [1.82, 2.24) is 14.9 Å². The lowest BCUT2D eigenvalue weighted by molar-refractivity contribution is 0.414. The molecule has 1 N–H and O–H groups in total. The molecule has 1 aromatic heterocycles. The van der Waals surface area contributed by atoms with Gasteiger partial charge in [0.05, 0.1) is 7.11 Å². The third kappa shape index (κ3) is 2.42. The molecule has 0 radical (unpaired) electrons. The summed E-state index contributed by atoms with van der Waals surface area (Å²) in [4.78, 5) is 6.79. The number of hydrogen-bond acceptors (Lipinski definition) is 4. The Morgan fingerprint density at radius 3 is 2.58 bits per heavy atom. The highest BCUT2D eigenvalue weighted by Gasteiger charge is 2.15. The number of benzene rings is 1. The van der Waals surface area contributed by atoms with E-state index in [0.717, 1.165) is 43.6 Å². The van der Waals surface area contributed by atoms with Crippen LogP contribution >= 0.6 is 0 Å². The molecule has 0 amide bonds. The average molecular weight is 258 g/mol. The van der Waals surface area contributed by atoms with E-state index in [4.69, 9.17) is 4.74 Å². The summed E-state index contributed by atoms with van der Waals surface area (Å²) < 4.78 is 7.31. The number of piperazine rings is 1. The summed E-state index contributed by atoms with van der Waals surface area (Å²) in [7, 11) is 1.68. The predicted molar refractivity (Wildman–Crippen MR) is 75.2 cm³/mol. The second-order valence-corrected chi connectivity index (χ2v) is 4.53. The van der Waals surface area contributed by atoms with Crippen LogP contribution in [0.3, 0.4) is 0 Å². The van der Waals surface area contributed by atoms with E-state index in [-0.39, 0.29) is 0 Å².